The number of nitrogens with zero attached hydrogens (tertiary/aromatic N) is 2. The highest BCUT2D eigenvalue weighted by Crippen LogP contribution is 2.31. The second-order valence-electron chi connectivity index (χ2n) is 7.71. The van der Waals surface area contributed by atoms with Crippen molar-refractivity contribution in [3.05, 3.63) is 82.3 Å². The number of hydrogen-bond donors (Lipinski definition) is 3. The Morgan fingerprint density at radius 1 is 1.17 bits per heavy atom. The van der Waals surface area contributed by atoms with Crippen molar-refractivity contribution in [3.63, 3.8) is 0 Å². The number of nitrogens with one attached hydrogen (secondary N) is 2. The first-order chi connectivity index (χ1) is 16.9. The summed E-state index contributed by atoms with van der Waals surface area (Å²) in [5, 5.41) is 5.88. The molecule has 2 atom stereocenters. The van der Waals surface area contributed by atoms with E-state index in [1.165, 1.54) is 32.2 Å². The van der Waals surface area contributed by atoms with Gasteiger partial charge in [0, 0.05) is 29.9 Å². The molecule has 36 heavy (non-hydrogen) atoms. The normalized spacial score (nSPS) is 13.1. The highest BCUT2D eigenvalue weighted by Gasteiger charge is 2.33. The Balaban J connectivity index is 1.78. The zero-order valence-electron chi connectivity index (χ0n) is 18.9. The van der Waals surface area contributed by atoms with Crippen molar-refractivity contribution in [1.82, 2.24) is 10.3 Å². The van der Waals surface area contributed by atoms with E-state index in [0.29, 0.717) is 16.3 Å². The van der Waals surface area contributed by atoms with E-state index in [1.807, 2.05) is 0 Å². The van der Waals surface area contributed by atoms with E-state index >= 15 is 0 Å². The number of benzene rings is 2. The van der Waals surface area contributed by atoms with Crippen molar-refractivity contribution in [2.45, 2.75) is 25.6 Å². The van der Waals surface area contributed by atoms with E-state index in [4.69, 9.17) is 16.2 Å². The molecule has 3 N–H and O–H groups in total. The first-order valence-electron chi connectivity index (χ1n) is 10.4. The van der Waals surface area contributed by atoms with Gasteiger partial charge in [-0.3, -0.25) is 13.7 Å². The minimum Gasteiger partial charge on any atom is -0.351 e. The number of carbonyl (C=O) groups excluding carboxylic acids is 1. The zero-order valence-corrected chi connectivity index (χ0v) is 20.5. The smallest absolute Gasteiger partial charge is 0.351 e. The molecule has 0 bridgehead atoms. The van der Waals surface area contributed by atoms with Crippen LogP contribution in [0.5, 0.6) is 0 Å². The average molecular weight is 545 g/mol. The molecule has 13 heteroatoms. The molecule has 2 aromatic carbocycles. The summed E-state index contributed by atoms with van der Waals surface area (Å²) in [6.45, 7) is 1.37. The largest absolute Gasteiger partial charge is 0.433 e. The minimum atomic E-state index is -4.67. The lowest BCUT2D eigenvalue weighted by Crippen LogP contribution is -2.28. The molecule has 0 saturated heterocycles. The zero-order chi connectivity index (χ0) is 26.6. The lowest BCUT2D eigenvalue weighted by molar-refractivity contribution is -0.141. The van der Waals surface area contributed by atoms with Gasteiger partial charge in [-0.05, 0) is 55.0 Å². The number of aromatic nitrogens is 1. The quantitative estimate of drug-likeness (QED) is 0.252. The maximum atomic E-state index is 14.4. The van der Waals surface area contributed by atoms with Gasteiger partial charge < -0.3 is 10.6 Å². The third-order valence-corrected chi connectivity index (χ3v) is 6.19. The molecule has 0 spiro atoms. The number of anilines is 3. The summed E-state index contributed by atoms with van der Waals surface area (Å²) in [4.78, 5) is 16.4. The Labute approximate surface area is 211 Å². The SMILES string of the molecule is CC(C(=O)NCc1ccc(C(F)(F)F)nc1Nc1ccc(Cl)cc1)c1ccc(N(C)S(=O)O)c(F)c1. The van der Waals surface area contributed by atoms with Crippen LogP contribution in [0.3, 0.4) is 0 Å². The first kappa shape index (κ1) is 27.4. The fourth-order valence-electron chi connectivity index (χ4n) is 3.19. The molecule has 1 amide bonds. The second-order valence-corrected chi connectivity index (χ2v) is 9.16. The summed E-state index contributed by atoms with van der Waals surface area (Å²) < 4.78 is 75.2. The Kier molecular flexibility index (Phi) is 8.54. The van der Waals surface area contributed by atoms with Crippen molar-refractivity contribution in [1.29, 1.82) is 0 Å². The maximum absolute atomic E-state index is 14.4. The van der Waals surface area contributed by atoms with Crippen molar-refractivity contribution >= 4 is 46.0 Å². The number of alkyl halides is 3. The van der Waals surface area contributed by atoms with E-state index < -0.39 is 40.8 Å². The van der Waals surface area contributed by atoms with Crippen LogP contribution in [0.15, 0.2) is 54.6 Å². The van der Waals surface area contributed by atoms with Crippen LogP contribution >= 0.6 is 11.6 Å². The van der Waals surface area contributed by atoms with Crippen molar-refractivity contribution in [2.24, 2.45) is 0 Å². The molecule has 2 unspecified atom stereocenters. The van der Waals surface area contributed by atoms with Crippen LogP contribution < -0.4 is 14.9 Å². The van der Waals surface area contributed by atoms with Crippen molar-refractivity contribution < 1.29 is 31.1 Å². The van der Waals surface area contributed by atoms with Gasteiger partial charge in [0.15, 0.2) is 0 Å². The Morgan fingerprint density at radius 2 is 1.83 bits per heavy atom. The van der Waals surface area contributed by atoms with Crippen LogP contribution in [0.4, 0.5) is 34.8 Å². The maximum Gasteiger partial charge on any atom is 0.433 e. The summed E-state index contributed by atoms with van der Waals surface area (Å²) in [5.41, 5.74) is -0.202. The number of hydrogen-bond acceptors (Lipinski definition) is 4. The van der Waals surface area contributed by atoms with Crippen LogP contribution in [0.1, 0.15) is 29.7 Å². The highest BCUT2D eigenvalue weighted by molar-refractivity contribution is 7.80. The molecule has 7 nitrogen and oxygen atoms in total. The number of rotatable bonds is 8. The van der Waals surface area contributed by atoms with E-state index in [-0.39, 0.29) is 23.6 Å². The molecule has 0 aliphatic carbocycles. The second kappa shape index (κ2) is 11.2. The Hall–Kier alpha value is -3.22. The average Bonchev–Trinajstić information content (AvgIpc) is 2.82. The number of pyridine rings is 1. The third-order valence-electron chi connectivity index (χ3n) is 5.27. The van der Waals surface area contributed by atoms with E-state index in [2.05, 4.69) is 15.6 Å². The van der Waals surface area contributed by atoms with Gasteiger partial charge in [0.2, 0.25) is 5.91 Å². The van der Waals surface area contributed by atoms with Crippen LogP contribution in [-0.2, 0) is 28.8 Å². The van der Waals surface area contributed by atoms with Gasteiger partial charge in [0.05, 0.1) is 11.6 Å². The van der Waals surface area contributed by atoms with Crippen LogP contribution in [0, 0.1) is 5.82 Å². The topological polar surface area (TPSA) is 94.6 Å². The predicted molar refractivity (Wildman–Crippen MR) is 130 cm³/mol. The van der Waals surface area contributed by atoms with E-state index in [9.17, 15) is 26.6 Å². The fraction of sp³-hybridized carbons (Fsp3) is 0.217. The molecule has 1 heterocycles. The molecule has 192 valence electrons. The van der Waals surface area contributed by atoms with Crippen LogP contribution in [0.25, 0.3) is 0 Å². The molecule has 3 aromatic rings. The van der Waals surface area contributed by atoms with Crippen LogP contribution in [0.2, 0.25) is 5.02 Å². The molecular formula is C23H21ClF4N4O3S. The molecule has 0 radical (unpaired) electrons. The minimum absolute atomic E-state index is 0.101. The highest BCUT2D eigenvalue weighted by atomic mass is 35.5. The summed E-state index contributed by atoms with van der Waals surface area (Å²) >= 11 is 3.43. The van der Waals surface area contributed by atoms with Crippen molar-refractivity contribution in [2.75, 3.05) is 16.7 Å². The lowest BCUT2D eigenvalue weighted by Gasteiger charge is -2.18. The fourth-order valence-corrected chi connectivity index (χ4v) is 3.63. The van der Waals surface area contributed by atoms with E-state index in [0.717, 1.165) is 16.4 Å². The molecular weight excluding hydrogens is 524 g/mol. The lowest BCUT2D eigenvalue weighted by atomic mass is 9.99. The summed E-state index contributed by atoms with van der Waals surface area (Å²) in [7, 11) is 1.23. The summed E-state index contributed by atoms with van der Waals surface area (Å²) in [5.74, 6) is -2.24. The molecule has 0 saturated carbocycles. The van der Waals surface area contributed by atoms with Gasteiger partial charge in [-0.2, -0.15) is 13.2 Å². The molecule has 1 aromatic heterocycles. The van der Waals surface area contributed by atoms with Gasteiger partial charge in [0.1, 0.15) is 17.3 Å². The Bertz CT molecular complexity index is 1280. The van der Waals surface area contributed by atoms with Gasteiger partial charge >= 0.3 is 6.18 Å². The Morgan fingerprint density at radius 3 is 2.42 bits per heavy atom. The standard InChI is InChI=1S/C23H21ClF4N4O3S/c1-13(14-3-9-19(18(25)11-14)32(2)36(34)35)22(33)29-12-15-4-10-20(23(26,27)28)31-21(15)30-17-7-5-16(24)6-8-17/h3-11,13H,12H2,1-2H3,(H,29,33)(H,30,31)(H,34,35). The molecule has 0 aliphatic rings. The predicted octanol–water partition coefficient (Wildman–Crippen LogP) is 5.63. The monoisotopic (exact) mass is 544 g/mol. The molecule has 0 aliphatic heterocycles. The van der Waals surface area contributed by atoms with E-state index in [1.54, 1.807) is 24.3 Å². The molecule has 0 fully saturated rings. The van der Waals surface area contributed by atoms with Gasteiger partial charge in [-0.15, -0.1) is 0 Å². The van der Waals surface area contributed by atoms with Gasteiger partial charge in [-0.1, -0.05) is 23.7 Å². The number of carbonyl (C=O) groups is 1. The number of amides is 1. The third kappa shape index (κ3) is 6.71. The summed E-state index contributed by atoms with van der Waals surface area (Å²) in [6.07, 6.45) is -4.67. The molecule has 3 rings (SSSR count). The van der Waals surface area contributed by atoms with Crippen molar-refractivity contribution in [3.8, 4) is 0 Å². The number of halogens is 5. The van der Waals surface area contributed by atoms with Crippen LogP contribution in [-0.4, -0.2) is 26.7 Å². The van der Waals surface area contributed by atoms with Gasteiger partial charge in [0.25, 0.3) is 11.3 Å². The first-order valence-corrected chi connectivity index (χ1v) is 11.8. The van der Waals surface area contributed by atoms with Gasteiger partial charge in [-0.25, -0.2) is 13.6 Å². The summed E-state index contributed by atoms with van der Waals surface area (Å²) in [6, 6.07) is 12.1.